The van der Waals surface area contributed by atoms with Crippen molar-refractivity contribution in [3.63, 3.8) is 0 Å². The molecule has 0 aliphatic rings. The SMILES string of the molecule is Cc1cc(NS(=O)(=O)c2ccc(N=Nc3c(N)nc(N)[nH]c3=O)cc2)nc(C)n1. The number of nitrogens with two attached hydrogens (primary N) is 2. The number of hydrogen-bond donors (Lipinski definition) is 4. The fourth-order valence-corrected chi connectivity index (χ4v) is 3.36. The number of sulfonamides is 1. The first kappa shape index (κ1) is 19.9. The van der Waals surface area contributed by atoms with Gasteiger partial charge in [0.15, 0.2) is 11.5 Å². The summed E-state index contributed by atoms with van der Waals surface area (Å²) in [5.41, 5.74) is 11.1. The first-order valence-corrected chi connectivity index (χ1v) is 9.64. The summed E-state index contributed by atoms with van der Waals surface area (Å²) in [4.78, 5) is 25.9. The molecule has 2 aromatic heterocycles. The highest BCUT2D eigenvalue weighted by atomic mass is 32.2. The van der Waals surface area contributed by atoms with Crippen LogP contribution in [0.5, 0.6) is 0 Å². The second-order valence-electron chi connectivity index (χ2n) is 5.93. The zero-order valence-corrected chi connectivity index (χ0v) is 16.2. The zero-order valence-electron chi connectivity index (χ0n) is 15.4. The van der Waals surface area contributed by atoms with Gasteiger partial charge < -0.3 is 11.5 Å². The number of nitrogen functional groups attached to an aromatic ring is 2. The maximum Gasteiger partial charge on any atom is 0.282 e. The van der Waals surface area contributed by atoms with Gasteiger partial charge >= 0.3 is 0 Å². The molecule has 0 unspecified atom stereocenters. The van der Waals surface area contributed by atoms with Crippen molar-refractivity contribution in [3.8, 4) is 0 Å². The average Bonchev–Trinajstić information content (AvgIpc) is 2.60. The number of H-pyrrole nitrogens is 1. The highest BCUT2D eigenvalue weighted by Gasteiger charge is 2.15. The highest BCUT2D eigenvalue weighted by molar-refractivity contribution is 7.92. The van der Waals surface area contributed by atoms with E-state index in [4.69, 9.17) is 11.5 Å². The van der Waals surface area contributed by atoms with Gasteiger partial charge in [-0.3, -0.25) is 14.5 Å². The predicted molar refractivity (Wildman–Crippen MR) is 107 cm³/mol. The standard InChI is InChI=1S/C16H17N9O3S/c1-8-7-12(20-9(2)19-8)25-29(27,28)11-5-3-10(4-6-11)23-24-13-14(17)21-16(18)22-15(13)26/h3-7H,1-2H3,(H,19,20,25)(H5,17,18,21,22,26). The summed E-state index contributed by atoms with van der Waals surface area (Å²) < 4.78 is 27.5. The van der Waals surface area contributed by atoms with Gasteiger partial charge in [-0.15, -0.1) is 5.11 Å². The van der Waals surface area contributed by atoms with Crippen LogP contribution in [0.3, 0.4) is 0 Å². The molecule has 2 heterocycles. The van der Waals surface area contributed by atoms with Crippen molar-refractivity contribution >= 4 is 39.0 Å². The number of nitrogens with zero attached hydrogens (tertiary/aromatic N) is 5. The molecule has 13 heteroatoms. The number of aryl methyl sites for hydroxylation is 2. The van der Waals surface area contributed by atoms with Crippen LogP contribution < -0.4 is 21.7 Å². The first-order chi connectivity index (χ1) is 13.6. The Bertz CT molecular complexity index is 1230. The lowest BCUT2D eigenvalue weighted by atomic mass is 10.3. The van der Waals surface area contributed by atoms with E-state index < -0.39 is 15.6 Å². The van der Waals surface area contributed by atoms with E-state index in [9.17, 15) is 13.2 Å². The minimum Gasteiger partial charge on any atom is -0.382 e. The maximum absolute atomic E-state index is 12.5. The van der Waals surface area contributed by atoms with Gasteiger partial charge in [0.2, 0.25) is 5.95 Å². The van der Waals surface area contributed by atoms with Crippen LogP contribution in [0.2, 0.25) is 0 Å². The van der Waals surface area contributed by atoms with Gasteiger partial charge in [-0.2, -0.15) is 10.1 Å². The molecule has 12 nitrogen and oxygen atoms in total. The lowest BCUT2D eigenvalue weighted by Crippen LogP contribution is -2.14. The van der Waals surface area contributed by atoms with Gasteiger partial charge in [-0.25, -0.2) is 18.4 Å². The topological polar surface area (TPSA) is 194 Å². The van der Waals surface area contributed by atoms with Crippen LogP contribution in [0.1, 0.15) is 11.5 Å². The van der Waals surface area contributed by atoms with Gasteiger partial charge in [0, 0.05) is 11.8 Å². The Hall–Kier alpha value is -3.87. The number of hydrogen-bond acceptors (Lipinski definition) is 10. The van der Waals surface area contributed by atoms with E-state index in [1.807, 2.05) is 0 Å². The minimum atomic E-state index is -3.86. The number of azo groups is 1. The molecule has 0 amide bonds. The molecule has 0 saturated carbocycles. The molecule has 0 fully saturated rings. The number of rotatable bonds is 5. The number of anilines is 3. The number of aromatic nitrogens is 4. The maximum atomic E-state index is 12.5. The molecule has 3 aromatic rings. The first-order valence-electron chi connectivity index (χ1n) is 8.16. The Morgan fingerprint density at radius 3 is 2.34 bits per heavy atom. The van der Waals surface area contributed by atoms with Crippen molar-refractivity contribution in [2.75, 3.05) is 16.2 Å². The van der Waals surface area contributed by atoms with Crippen molar-refractivity contribution < 1.29 is 8.42 Å². The van der Waals surface area contributed by atoms with Crippen LogP contribution in [0, 0.1) is 13.8 Å². The van der Waals surface area contributed by atoms with Crippen LogP contribution in [0.15, 0.2) is 50.3 Å². The number of benzene rings is 1. The van der Waals surface area contributed by atoms with E-state index in [0.29, 0.717) is 17.2 Å². The third-order valence-corrected chi connectivity index (χ3v) is 4.93. The summed E-state index contributed by atoms with van der Waals surface area (Å²) in [5.74, 6) is 0.311. The molecule has 0 aliphatic carbocycles. The molecule has 0 aliphatic heterocycles. The largest absolute Gasteiger partial charge is 0.382 e. The Kier molecular flexibility index (Phi) is 5.23. The average molecular weight is 415 g/mol. The summed E-state index contributed by atoms with van der Waals surface area (Å²) in [6.07, 6.45) is 0. The monoisotopic (exact) mass is 415 g/mol. The van der Waals surface area contributed by atoms with Crippen LogP contribution in [-0.2, 0) is 10.0 Å². The van der Waals surface area contributed by atoms with Crippen LogP contribution in [-0.4, -0.2) is 28.4 Å². The molecule has 0 spiro atoms. The summed E-state index contributed by atoms with van der Waals surface area (Å²) >= 11 is 0. The zero-order chi connectivity index (χ0) is 21.2. The molecule has 29 heavy (non-hydrogen) atoms. The normalized spacial score (nSPS) is 11.7. The molecule has 1 aromatic carbocycles. The molecule has 6 N–H and O–H groups in total. The van der Waals surface area contributed by atoms with Crippen molar-refractivity contribution in [1.82, 2.24) is 19.9 Å². The van der Waals surface area contributed by atoms with Crippen LogP contribution in [0.4, 0.5) is 29.0 Å². The fraction of sp³-hybridized carbons (Fsp3) is 0.125. The molecular formula is C16H17N9O3S. The second-order valence-corrected chi connectivity index (χ2v) is 7.61. The van der Waals surface area contributed by atoms with Gasteiger partial charge in [0.05, 0.1) is 10.6 Å². The third kappa shape index (κ3) is 4.70. The molecule has 0 atom stereocenters. The quantitative estimate of drug-likeness (QED) is 0.450. The Morgan fingerprint density at radius 1 is 1.03 bits per heavy atom. The van der Waals surface area contributed by atoms with E-state index >= 15 is 0 Å². The second kappa shape index (κ2) is 7.63. The summed E-state index contributed by atoms with van der Waals surface area (Å²) in [7, 11) is -3.86. The van der Waals surface area contributed by atoms with Crippen LogP contribution >= 0.6 is 0 Å². The van der Waals surface area contributed by atoms with E-state index in [1.165, 1.54) is 30.3 Å². The Labute approximate surface area is 165 Å². The van der Waals surface area contributed by atoms with Crippen molar-refractivity contribution in [2.45, 2.75) is 18.7 Å². The number of aromatic amines is 1. The fourth-order valence-electron chi connectivity index (χ4n) is 2.36. The Balaban J connectivity index is 1.81. The molecule has 0 radical (unpaired) electrons. The number of nitrogens with one attached hydrogen (secondary N) is 2. The third-order valence-electron chi connectivity index (χ3n) is 3.56. The predicted octanol–water partition coefficient (Wildman–Crippen LogP) is 1.56. The smallest absolute Gasteiger partial charge is 0.282 e. The highest BCUT2D eigenvalue weighted by Crippen LogP contribution is 2.22. The molecule has 3 rings (SSSR count). The van der Waals surface area contributed by atoms with Crippen molar-refractivity contribution in [2.24, 2.45) is 10.2 Å². The van der Waals surface area contributed by atoms with Gasteiger partial charge in [0.1, 0.15) is 11.6 Å². The minimum absolute atomic E-state index is 0.00289. The van der Waals surface area contributed by atoms with Gasteiger partial charge in [0.25, 0.3) is 15.6 Å². The summed E-state index contributed by atoms with van der Waals surface area (Å²) in [6, 6.07) is 7.04. The molecule has 0 saturated heterocycles. The molecule has 150 valence electrons. The van der Waals surface area contributed by atoms with E-state index in [1.54, 1.807) is 13.8 Å². The van der Waals surface area contributed by atoms with Crippen molar-refractivity contribution in [3.05, 3.63) is 52.2 Å². The summed E-state index contributed by atoms with van der Waals surface area (Å²) in [6.45, 7) is 3.40. The molecule has 0 bridgehead atoms. The van der Waals surface area contributed by atoms with Gasteiger partial charge in [-0.05, 0) is 38.1 Å². The lowest BCUT2D eigenvalue weighted by molar-refractivity contribution is 0.601. The lowest BCUT2D eigenvalue weighted by Gasteiger charge is -2.08. The van der Waals surface area contributed by atoms with Crippen LogP contribution in [0.25, 0.3) is 0 Å². The van der Waals surface area contributed by atoms with E-state index in [2.05, 4.69) is 34.9 Å². The molecular weight excluding hydrogens is 398 g/mol. The van der Waals surface area contributed by atoms with Gasteiger partial charge in [-0.1, -0.05) is 0 Å². The Morgan fingerprint density at radius 2 is 1.72 bits per heavy atom. The van der Waals surface area contributed by atoms with E-state index in [-0.39, 0.29) is 28.2 Å². The van der Waals surface area contributed by atoms with Crippen molar-refractivity contribution in [1.29, 1.82) is 0 Å². The summed E-state index contributed by atoms with van der Waals surface area (Å²) in [5, 5.41) is 7.62. The van der Waals surface area contributed by atoms with E-state index in [0.717, 1.165) is 0 Å².